The summed E-state index contributed by atoms with van der Waals surface area (Å²) in [5.74, 6) is 0.818. The van der Waals surface area contributed by atoms with Crippen LogP contribution in [0.1, 0.15) is 50.7 Å². The van der Waals surface area contributed by atoms with E-state index in [0.29, 0.717) is 5.75 Å². The van der Waals surface area contributed by atoms with Crippen LogP contribution in [0, 0.1) is 10.8 Å². The minimum absolute atomic E-state index is 0.0879. The number of hydrogen-bond acceptors (Lipinski definition) is 7. The Hall–Kier alpha value is -2.20. The van der Waals surface area contributed by atoms with Crippen molar-refractivity contribution in [2.75, 3.05) is 91.6 Å². The summed E-state index contributed by atoms with van der Waals surface area (Å²) >= 11 is 0. The zero-order valence-electron chi connectivity index (χ0n) is 25.4. The maximum atomic E-state index is 12.1. The highest BCUT2D eigenvalue weighted by Crippen LogP contribution is 2.45. The Morgan fingerprint density at radius 2 is 0.976 bits per heavy atom. The SMILES string of the molecule is CC1(C(=O)NCCN2CCN(CCc3cc(O)cc(CCN4CCN(CCNC(=O)C5(C)CC5)CC4)c3)CC2)CC1. The van der Waals surface area contributed by atoms with Gasteiger partial charge in [-0.15, -0.1) is 0 Å². The van der Waals surface area contributed by atoms with E-state index in [2.05, 4.69) is 50.1 Å². The lowest BCUT2D eigenvalue weighted by molar-refractivity contribution is -0.126. The number of carbonyl (C=O) groups is 2. The number of nitrogens with one attached hydrogen (secondary N) is 2. The largest absolute Gasteiger partial charge is 0.508 e. The van der Waals surface area contributed by atoms with Gasteiger partial charge in [0.15, 0.2) is 0 Å². The zero-order valence-corrected chi connectivity index (χ0v) is 25.4. The fourth-order valence-electron chi connectivity index (χ4n) is 5.99. The van der Waals surface area contributed by atoms with E-state index >= 15 is 0 Å². The zero-order chi connectivity index (χ0) is 28.9. The minimum Gasteiger partial charge on any atom is -0.508 e. The van der Waals surface area contributed by atoms with Crippen LogP contribution in [0.2, 0.25) is 0 Å². The van der Waals surface area contributed by atoms with E-state index in [9.17, 15) is 14.7 Å². The molecule has 9 heteroatoms. The molecule has 0 aromatic heterocycles. The van der Waals surface area contributed by atoms with Gasteiger partial charge in [0.2, 0.25) is 11.8 Å². The smallest absolute Gasteiger partial charge is 0.225 e. The van der Waals surface area contributed by atoms with Gasteiger partial charge in [0, 0.05) is 102 Å². The number of nitrogens with zero attached hydrogens (tertiary/aromatic N) is 4. The van der Waals surface area contributed by atoms with Crippen molar-refractivity contribution >= 4 is 11.8 Å². The Morgan fingerprint density at radius 3 is 1.32 bits per heavy atom. The average Bonchev–Trinajstić information content (AvgIpc) is 3.90. The first-order valence-corrected chi connectivity index (χ1v) is 16.0. The van der Waals surface area contributed by atoms with E-state index in [0.717, 1.165) is 130 Å². The van der Waals surface area contributed by atoms with Crippen LogP contribution in [-0.2, 0) is 22.4 Å². The van der Waals surface area contributed by atoms with Crippen molar-refractivity contribution in [3.05, 3.63) is 29.3 Å². The molecular weight excluding hydrogens is 516 g/mol. The predicted molar refractivity (Wildman–Crippen MR) is 162 cm³/mol. The number of rotatable bonds is 14. The summed E-state index contributed by atoms with van der Waals surface area (Å²) in [5.41, 5.74) is 2.25. The quantitative estimate of drug-likeness (QED) is 0.314. The van der Waals surface area contributed by atoms with Gasteiger partial charge in [-0.1, -0.05) is 19.9 Å². The number of amides is 2. The third kappa shape index (κ3) is 8.89. The van der Waals surface area contributed by atoms with Gasteiger partial charge in [-0.3, -0.25) is 19.4 Å². The van der Waals surface area contributed by atoms with Crippen LogP contribution in [0.15, 0.2) is 18.2 Å². The summed E-state index contributed by atoms with van der Waals surface area (Å²) in [7, 11) is 0. The van der Waals surface area contributed by atoms with Gasteiger partial charge in [-0.2, -0.15) is 0 Å². The molecule has 2 saturated carbocycles. The van der Waals surface area contributed by atoms with Gasteiger partial charge in [-0.05, 0) is 61.8 Å². The van der Waals surface area contributed by atoms with Crippen molar-refractivity contribution in [3.8, 4) is 5.75 Å². The Morgan fingerprint density at radius 1 is 0.634 bits per heavy atom. The van der Waals surface area contributed by atoms with Crippen molar-refractivity contribution in [2.45, 2.75) is 52.4 Å². The average molecular weight is 569 g/mol. The first-order valence-electron chi connectivity index (χ1n) is 16.0. The van der Waals surface area contributed by atoms with Gasteiger partial charge in [0.05, 0.1) is 0 Å². The number of hydrogen-bond donors (Lipinski definition) is 3. The summed E-state index contributed by atoms with van der Waals surface area (Å²) < 4.78 is 0. The van der Waals surface area contributed by atoms with Crippen molar-refractivity contribution in [1.29, 1.82) is 0 Å². The van der Waals surface area contributed by atoms with Crippen LogP contribution in [0.5, 0.6) is 5.75 Å². The first kappa shape index (κ1) is 30.3. The Kier molecular flexibility index (Phi) is 9.89. The van der Waals surface area contributed by atoms with E-state index in [4.69, 9.17) is 0 Å². The number of benzene rings is 1. The molecular formula is C32H52N6O3. The maximum Gasteiger partial charge on any atom is 0.225 e. The molecule has 2 heterocycles. The second-order valence-electron chi connectivity index (χ2n) is 13.5. The van der Waals surface area contributed by atoms with Crippen LogP contribution in [0.25, 0.3) is 0 Å². The summed E-state index contributed by atoms with van der Waals surface area (Å²) in [5, 5.41) is 16.6. The van der Waals surface area contributed by atoms with Crippen LogP contribution >= 0.6 is 0 Å². The highest BCUT2D eigenvalue weighted by molar-refractivity contribution is 5.85. The molecule has 41 heavy (non-hydrogen) atoms. The number of carbonyl (C=O) groups excluding carboxylic acids is 2. The van der Waals surface area contributed by atoms with E-state index in [1.54, 1.807) is 0 Å². The highest BCUT2D eigenvalue weighted by Gasteiger charge is 2.45. The standard InChI is InChI=1S/C32H52N6O3/c1-31(5-6-31)29(40)33-9-13-37-19-15-35(16-20-37)11-3-26-23-27(25-28(39)24-26)4-12-36-17-21-38(22-18-36)14-10-34-30(41)32(2)7-8-32/h23-25,39H,3-22H2,1-2H3,(H,33,40)(H,34,41). The number of phenolic OH excluding ortho intramolecular Hbond substituents is 1. The lowest BCUT2D eigenvalue weighted by Crippen LogP contribution is -2.49. The summed E-state index contributed by atoms with van der Waals surface area (Å²) in [4.78, 5) is 34.2. The lowest BCUT2D eigenvalue weighted by Gasteiger charge is -2.35. The van der Waals surface area contributed by atoms with Crippen LogP contribution in [-0.4, -0.2) is 128 Å². The monoisotopic (exact) mass is 568 g/mol. The van der Waals surface area contributed by atoms with Gasteiger partial charge in [0.1, 0.15) is 5.75 Å². The summed E-state index contributed by atoms with van der Waals surface area (Å²) in [6.45, 7) is 17.8. The Bertz CT molecular complexity index is 962. The molecule has 3 N–H and O–H groups in total. The van der Waals surface area contributed by atoms with Gasteiger partial charge >= 0.3 is 0 Å². The van der Waals surface area contributed by atoms with Crippen molar-refractivity contribution < 1.29 is 14.7 Å². The molecule has 0 atom stereocenters. The van der Waals surface area contributed by atoms with Gasteiger partial charge < -0.3 is 25.5 Å². The van der Waals surface area contributed by atoms with E-state index in [1.165, 1.54) is 11.1 Å². The topological polar surface area (TPSA) is 91.4 Å². The van der Waals surface area contributed by atoms with E-state index in [1.807, 2.05) is 12.1 Å². The molecule has 2 aliphatic heterocycles. The van der Waals surface area contributed by atoms with Crippen molar-refractivity contribution in [1.82, 2.24) is 30.2 Å². The van der Waals surface area contributed by atoms with E-state index in [-0.39, 0.29) is 22.6 Å². The van der Waals surface area contributed by atoms with E-state index < -0.39 is 0 Å². The molecule has 2 aliphatic carbocycles. The molecule has 0 radical (unpaired) electrons. The molecule has 2 saturated heterocycles. The number of aromatic hydroxyl groups is 1. The molecule has 1 aromatic rings. The maximum absolute atomic E-state index is 12.1. The first-order chi connectivity index (χ1) is 19.7. The summed E-state index contributed by atoms with van der Waals surface area (Å²) in [6, 6.07) is 6.12. The van der Waals surface area contributed by atoms with Gasteiger partial charge in [0.25, 0.3) is 0 Å². The molecule has 4 aliphatic rings. The summed E-state index contributed by atoms with van der Waals surface area (Å²) in [6.07, 6.45) is 6.00. The van der Waals surface area contributed by atoms with Crippen LogP contribution in [0.4, 0.5) is 0 Å². The molecule has 5 rings (SSSR count). The highest BCUT2D eigenvalue weighted by atomic mass is 16.3. The fraction of sp³-hybridized carbons (Fsp3) is 0.750. The second-order valence-corrected chi connectivity index (χ2v) is 13.5. The Balaban J connectivity index is 0.947. The minimum atomic E-state index is -0.0879. The fourth-order valence-corrected chi connectivity index (χ4v) is 5.99. The molecule has 228 valence electrons. The van der Waals surface area contributed by atoms with Crippen LogP contribution < -0.4 is 10.6 Å². The number of piperazine rings is 2. The number of phenols is 1. The van der Waals surface area contributed by atoms with Crippen molar-refractivity contribution in [2.24, 2.45) is 10.8 Å². The molecule has 4 fully saturated rings. The van der Waals surface area contributed by atoms with Crippen molar-refractivity contribution in [3.63, 3.8) is 0 Å². The molecule has 0 spiro atoms. The molecule has 0 unspecified atom stereocenters. The predicted octanol–water partition coefficient (Wildman–Crippen LogP) is 1.55. The molecule has 0 bridgehead atoms. The second kappa shape index (κ2) is 13.4. The molecule has 2 amide bonds. The van der Waals surface area contributed by atoms with Crippen LogP contribution in [0.3, 0.4) is 0 Å². The third-order valence-electron chi connectivity index (χ3n) is 9.92. The lowest BCUT2D eigenvalue weighted by atomic mass is 10.0. The molecule has 9 nitrogen and oxygen atoms in total. The van der Waals surface area contributed by atoms with Gasteiger partial charge in [-0.25, -0.2) is 0 Å². The normalized spacial score (nSPS) is 22.8. The third-order valence-corrected chi connectivity index (χ3v) is 9.92. The molecule has 1 aromatic carbocycles. The Labute approximate surface area is 246 Å².